The van der Waals surface area contributed by atoms with Crippen LogP contribution in [0.1, 0.15) is 40.0 Å². The fourth-order valence-electron chi connectivity index (χ4n) is 8.15. The minimum absolute atomic E-state index is 0.0588. The van der Waals surface area contributed by atoms with Crippen LogP contribution in [0.5, 0.6) is 0 Å². The summed E-state index contributed by atoms with van der Waals surface area (Å²) in [5.74, 6) is 0.0296. The molecule has 0 radical (unpaired) electrons. The summed E-state index contributed by atoms with van der Waals surface area (Å²) in [6.07, 6.45) is 5.52. The maximum Gasteiger partial charge on any atom is 0.315 e. The van der Waals surface area contributed by atoms with Crippen molar-refractivity contribution in [2.75, 3.05) is 20.8 Å². The summed E-state index contributed by atoms with van der Waals surface area (Å²) in [6, 6.07) is 0. The van der Waals surface area contributed by atoms with Crippen LogP contribution >= 0.6 is 0 Å². The van der Waals surface area contributed by atoms with Gasteiger partial charge in [0.2, 0.25) is 0 Å². The Balaban J connectivity index is 1.99. The van der Waals surface area contributed by atoms with Crippen molar-refractivity contribution in [2.24, 2.45) is 45.8 Å². The number of rotatable bonds is 6. The van der Waals surface area contributed by atoms with Crippen LogP contribution in [0.3, 0.4) is 0 Å². The standard InChI is InChI=1S/C22H32O5/c1-12(2)16-6-14-8-20(10-23)17-7-18(27-5)13(3)15(17)9-21(14,11-26-4)22(16,20)19(24)25/h6,10,12-15,17-18H,7-9,11H2,1-5H3,(H,24,25)/t13?,14?,15?,17?,18?,20-,21+,22-/m0/s1. The van der Waals surface area contributed by atoms with Crippen LogP contribution in [0.25, 0.3) is 0 Å². The smallest absolute Gasteiger partial charge is 0.315 e. The molecule has 3 saturated carbocycles. The van der Waals surface area contributed by atoms with E-state index in [4.69, 9.17) is 9.47 Å². The number of hydrogen-bond acceptors (Lipinski definition) is 4. The number of carboxylic acids is 1. The van der Waals surface area contributed by atoms with Gasteiger partial charge in [-0.2, -0.15) is 0 Å². The maximum atomic E-state index is 13.1. The van der Waals surface area contributed by atoms with E-state index >= 15 is 0 Å². The van der Waals surface area contributed by atoms with Crippen LogP contribution in [0.15, 0.2) is 11.6 Å². The summed E-state index contributed by atoms with van der Waals surface area (Å²) in [6.45, 7) is 6.70. The summed E-state index contributed by atoms with van der Waals surface area (Å²) in [7, 11) is 3.38. The molecule has 4 aliphatic carbocycles. The van der Waals surface area contributed by atoms with Gasteiger partial charge in [-0.25, -0.2) is 0 Å². The first-order valence-corrected chi connectivity index (χ1v) is 10.2. The highest BCUT2D eigenvalue weighted by molar-refractivity contribution is 5.90. The number of methoxy groups -OCH3 is 2. The van der Waals surface area contributed by atoms with E-state index in [9.17, 15) is 14.7 Å². The Kier molecular flexibility index (Phi) is 4.18. The zero-order valence-electron chi connectivity index (χ0n) is 17.0. The van der Waals surface area contributed by atoms with Crippen LogP contribution in [-0.4, -0.2) is 44.3 Å². The second-order valence-corrected chi connectivity index (χ2v) is 9.73. The summed E-state index contributed by atoms with van der Waals surface area (Å²) < 4.78 is 11.4. The van der Waals surface area contributed by atoms with E-state index in [-0.39, 0.29) is 23.9 Å². The first kappa shape index (κ1) is 19.1. The summed E-state index contributed by atoms with van der Waals surface area (Å²) in [5.41, 5.74) is -1.60. The lowest BCUT2D eigenvalue weighted by Gasteiger charge is -2.58. The Labute approximate surface area is 161 Å². The molecule has 0 aliphatic heterocycles. The van der Waals surface area contributed by atoms with Crippen molar-refractivity contribution in [3.63, 3.8) is 0 Å². The minimum atomic E-state index is -1.15. The molecule has 8 atom stereocenters. The van der Waals surface area contributed by atoms with E-state index in [0.717, 1.165) is 24.7 Å². The molecule has 0 heterocycles. The Hall–Kier alpha value is -1.20. The molecule has 150 valence electrons. The van der Waals surface area contributed by atoms with Gasteiger partial charge in [-0.15, -0.1) is 0 Å². The van der Waals surface area contributed by atoms with E-state index < -0.39 is 22.2 Å². The molecule has 1 N–H and O–H groups in total. The lowest BCUT2D eigenvalue weighted by Crippen LogP contribution is -2.63. The zero-order chi connectivity index (χ0) is 19.8. The summed E-state index contributed by atoms with van der Waals surface area (Å²) in [4.78, 5) is 25.9. The van der Waals surface area contributed by atoms with E-state index in [1.165, 1.54) is 0 Å². The molecule has 0 aromatic rings. The molecular formula is C22H32O5. The van der Waals surface area contributed by atoms with Crippen molar-refractivity contribution in [3.8, 4) is 0 Å². The number of aldehydes is 1. The molecule has 3 fully saturated rings. The van der Waals surface area contributed by atoms with Gasteiger partial charge in [0, 0.05) is 19.6 Å². The second-order valence-electron chi connectivity index (χ2n) is 9.73. The highest BCUT2D eigenvalue weighted by atomic mass is 16.5. The second kappa shape index (κ2) is 5.90. The van der Waals surface area contributed by atoms with Gasteiger partial charge >= 0.3 is 5.97 Å². The highest BCUT2D eigenvalue weighted by Gasteiger charge is 2.84. The van der Waals surface area contributed by atoms with Gasteiger partial charge in [0.15, 0.2) is 0 Å². The molecule has 5 nitrogen and oxygen atoms in total. The lowest BCUT2D eigenvalue weighted by molar-refractivity contribution is -0.185. The van der Waals surface area contributed by atoms with Crippen molar-refractivity contribution in [1.82, 2.24) is 0 Å². The van der Waals surface area contributed by atoms with E-state index in [1.54, 1.807) is 14.2 Å². The molecule has 0 spiro atoms. The van der Waals surface area contributed by atoms with Crippen LogP contribution in [0, 0.1) is 45.8 Å². The number of ether oxygens (including phenoxy) is 2. The maximum absolute atomic E-state index is 13.1. The van der Waals surface area contributed by atoms with Crippen LogP contribution < -0.4 is 0 Å². The molecule has 4 rings (SSSR count). The Morgan fingerprint density at radius 1 is 1.37 bits per heavy atom. The minimum Gasteiger partial charge on any atom is -0.481 e. The molecule has 27 heavy (non-hydrogen) atoms. The number of hydrogen-bond donors (Lipinski definition) is 1. The van der Waals surface area contributed by atoms with Crippen molar-refractivity contribution < 1.29 is 24.2 Å². The van der Waals surface area contributed by atoms with Crippen molar-refractivity contribution in [3.05, 3.63) is 11.6 Å². The van der Waals surface area contributed by atoms with E-state index in [1.807, 2.05) is 0 Å². The molecule has 0 amide bonds. The van der Waals surface area contributed by atoms with Crippen molar-refractivity contribution in [2.45, 2.75) is 46.1 Å². The largest absolute Gasteiger partial charge is 0.481 e. The lowest BCUT2D eigenvalue weighted by atomic mass is 9.43. The monoisotopic (exact) mass is 376 g/mol. The number of carbonyl (C=O) groups is 2. The van der Waals surface area contributed by atoms with Crippen LogP contribution in [-0.2, 0) is 19.1 Å². The van der Waals surface area contributed by atoms with E-state index in [0.29, 0.717) is 24.9 Å². The Morgan fingerprint density at radius 2 is 2.07 bits per heavy atom. The normalized spacial score (nSPS) is 50.0. The molecule has 4 aliphatic rings. The number of allylic oxidation sites excluding steroid dienone is 1. The van der Waals surface area contributed by atoms with E-state index in [2.05, 4.69) is 26.8 Å². The average Bonchev–Trinajstić information content (AvgIpc) is 3.16. The number of aliphatic carboxylic acids is 1. The van der Waals surface area contributed by atoms with Gasteiger partial charge in [-0.05, 0) is 48.9 Å². The first-order valence-electron chi connectivity index (χ1n) is 10.2. The zero-order valence-corrected chi connectivity index (χ0v) is 17.0. The summed E-state index contributed by atoms with van der Waals surface area (Å²) in [5, 5.41) is 10.7. The molecule has 4 bridgehead atoms. The third-order valence-electron chi connectivity index (χ3n) is 8.91. The predicted octanol–water partition coefficient (Wildman–Crippen LogP) is 3.18. The number of carboxylic acid groups (broad SMARTS) is 1. The summed E-state index contributed by atoms with van der Waals surface area (Å²) >= 11 is 0. The predicted molar refractivity (Wildman–Crippen MR) is 100 cm³/mol. The van der Waals surface area contributed by atoms with Crippen LogP contribution in [0.2, 0.25) is 0 Å². The molecule has 0 aromatic heterocycles. The van der Waals surface area contributed by atoms with Gasteiger partial charge in [-0.1, -0.05) is 32.4 Å². The molecule has 5 unspecified atom stereocenters. The fraction of sp³-hybridized carbons (Fsp3) is 0.818. The average molecular weight is 376 g/mol. The highest BCUT2D eigenvalue weighted by Crippen LogP contribution is 2.82. The van der Waals surface area contributed by atoms with Crippen LogP contribution in [0.4, 0.5) is 0 Å². The SMILES string of the molecule is COC[C@]12CC3C(C)C(OC)CC3[C@@]3(C=O)CC1C=C(C(C)C)[C@@]23C(=O)O. The van der Waals surface area contributed by atoms with Gasteiger partial charge in [-0.3, -0.25) is 4.79 Å². The first-order chi connectivity index (χ1) is 12.8. The van der Waals surface area contributed by atoms with Gasteiger partial charge in [0.05, 0.1) is 18.1 Å². The molecule has 5 heteroatoms. The Morgan fingerprint density at radius 3 is 2.59 bits per heavy atom. The van der Waals surface area contributed by atoms with Crippen molar-refractivity contribution in [1.29, 1.82) is 0 Å². The molecule has 0 aromatic carbocycles. The quantitative estimate of drug-likeness (QED) is 0.569. The molecular weight excluding hydrogens is 344 g/mol. The Bertz CT molecular complexity index is 699. The van der Waals surface area contributed by atoms with Gasteiger partial charge < -0.3 is 19.4 Å². The number of carbonyl (C=O) groups excluding carboxylic acids is 1. The third kappa shape index (κ3) is 1.84. The third-order valence-corrected chi connectivity index (χ3v) is 8.91. The fourth-order valence-corrected chi connectivity index (χ4v) is 8.15. The van der Waals surface area contributed by atoms with Crippen molar-refractivity contribution >= 4 is 12.3 Å². The topological polar surface area (TPSA) is 72.8 Å². The molecule has 0 saturated heterocycles. The van der Waals surface area contributed by atoms with Gasteiger partial charge in [0.25, 0.3) is 0 Å². The number of fused-ring (bicyclic) bond motifs is 2. The van der Waals surface area contributed by atoms with Gasteiger partial charge in [0.1, 0.15) is 11.7 Å².